The van der Waals surface area contributed by atoms with Crippen molar-refractivity contribution in [1.29, 1.82) is 0 Å². The number of carboxylic acids is 1. The highest BCUT2D eigenvalue weighted by atomic mass is 32.2. The number of amides is 1. The fourth-order valence-electron chi connectivity index (χ4n) is 0.662. The quantitative estimate of drug-likeness (QED) is 0.696. The van der Waals surface area contributed by atoms with E-state index in [0.717, 1.165) is 0 Å². The Labute approximate surface area is 92.4 Å². The predicted octanol–water partition coefficient (Wildman–Crippen LogP) is 0.821. The molecule has 0 aliphatic rings. The summed E-state index contributed by atoms with van der Waals surface area (Å²) < 4.78 is 47.0. The first-order chi connectivity index (χ1) is 7.26. The van der Waals surface area contributed by atoms with Gasteiger partial charge in [-0.3, -0.25) is 4.79 Å². The van der Waals surface area contributed by atoms with Gasteiger partial charge in [-0.1, -0.05) is 0 Å². The zero-order chi connectivity index (χ0) is 12.8. The van der Waals surface area contributed by atoms with Gasteiger partial charge in [-0.25, -0.2) is 9.18 Å². The van der Waals surface area contributed by atoms with E-state index in [4.69, 9.17) is 5.11 Å². The standard InChI is InChI=1S/C7H9F4NO3S/c8-1-4(6(14)15)12-5(13)2-16-3-7(9,10)11/h4H,1-3H2,(H,12,13)(H,14,15). The molecule has 0 heterocycles. The Hall–Kier alpha value is -0.990. The normalized spacial score (nSPS) is 13.2. The Morgan fingerprint density at radius 2 is 1.94 bits per heavy atom. The molecule has 0 fully saturated rings. The SMILES string of the molecule is O=C(CSCC(F)(F)F)NC(CF)C(=O)O. The molecule has 0 aromatic rings. The number of halogens is 4. The summed E-state index contributed by atoms with van der Waals surface area (Å²) in [4.78, 5) is 21.1. The van der Waals surface area contributed by atoms with E-state index in [2.05, 4.69) is 0 Å². The highest BCUT2D eigenvalue weighted by Gasteiger charge is 2.27. The van der Waals surface area contributed by atoms with Gasteiger partial charge in [0.2, 0.25) is 5.91 Å². The van der Waals surface area contributed by atoms with Crippen LogP contribution in [0.2, 0.25) is 0 Å². The van der Waals surface area contributed by atoms with Crippen molar-refractivity contribution in [2.75, 3.05) is 18.2 Å². The molecule has 16 heavy (non-hydrogen) atoms. The van der Waals surface area contributed by atoms with E-state index in [1.54, 1.807) is 5.32 Å². The maximum atomic E-state index is 12.0. The smallest absolute Gasteiger partial charge is 0.397 e. The van der Waals surface area contributed by atoms with Crippen LogP contribution < -0.4 is 5.32 Å². The van der Waals surface area contributed by atoms with E-state index in [1.807, 2.05) is 0 Å². The molecule has 1 unspecified atom stereocenters. The summed E-state index contributed by atoms with van der Waals surface area (Å²) in [6.07, 6.45) is -4.39. The van der Waals surface area contributed by atoms with Crippen molar-refractivity contribution in [2.45, 2.75) is 12.2 Å². The molecule has 4 nitrogen and oxygen atoms in total. The van der Waals surface area contributed by atoms with Crippen LogP contribution in [0.15, 0.2) is 0 Å². The van der Waals surface area contributed by atoms with Crippen LogP contribution in [-0.4, -0.2) is 47.4 Å². The van der Waals surface area contributed by atoms with Crippen molar-refractivity contribution < 1.29 is 32.3 Å². The van der Waals surface area contributed by atoms with Gasteiger partial charge < -0.3 is 10.4 Å². The molecule has 94 valence electrons. The highest BCUT2D eigenvalue weighted by Crippen LogP contribution is 2.20. The monoisotopic (exact) mass is 263 g/mol. The Bertz CT molecular complexity index is 259. The van der Waals surface area contributed by atoms with Crippen molar-refractivity contribution in [3.05, 3.63) is 0 Å². The fourth-order valence-corrected chi connectivity index (χ4v) is 1.26. The Morgan fingerprint density at radius 1 is 1.38 bits per heavy atom. The minimum Gasteiger partial charge on any atom is -0.480 e. The summed E-state index contributed by atoms with van der Waals surface area (Å²) in [6.45, 7) is -1.31. The van der Waals surface area contributed by atoms with Gasteiger partial charge in [0.1, 0.15) is 6.67 Å². The second kappa shape index (κ2) is 6.56. The van der Waals surface area contributed by atoms with E-state index < -0.39 is 42.3 Å². The van der Waals surface area contributed by atoms with Crippen molar-refractivity contribution in [2.24, 2.45) is 0 Å². The summed E-state index contributed by atoms with van der Waals surface area (Å²) in [5.41, 5.74) is 0. The van der Waals surface area contributed by atoms with E-state index >= 15 is 0 Å². The molecule has 0 rings (SSSR count). The van der Waals surface area contributed by atoms with Crippen molar-refractivity contribution in [3.63, 3.8) is 0 Å². The Morgan fingerprint density at radius 3 is 2.31 bits per heavy atom. The summed E-state index contributed by atoms with van der Waals surface area (Å²) in [5.74, 6) is -4.30. The maximum Gasteiger partial charge on any atom is 0.397 e. The van der Waals surface area contributed by atoms with Gasteiger partial charge in [0, 0.05) is 0 Å². The molecule has 0 aliphatic carbocycles. The number of carbonyl (C=O) groups is 2. The van der Waals surface area contributed by atoms with Gasteiger partial charge >= 0.3 is 12.1 Å². The van der Waals surface area contributed by atoms with Gasteiger partial charge in [-0.2, -0.15) is 13.2 Å². The average Bonchev–Trinajstić information content (AvgIpc) is 2.11. The van der Waals surface area contributed by atoms with Gasteiger partial charge in [0.15, 0.2) is 6.04 Å². The number of nitrogens with one attached hydrogen (secondary N) is 1. The largest absolute Gasteiger partial charge is 0.480 e. The van der Waals surface area contributed by atoms with Crippen molar-refractivity contribution in [3.8, 4) is 0 Å². The second-order valence-electron chi connectivity index (χ2n) is 2.72. The first kappa shape index (κ1) is 15.0. The number of rotatable bonds is 6. The molecular weight excluding hydrogens is 254 g/mol. The van der Waals surface area contributed by atoms with Crippen molar-refractivity contribution in [1.82, 2.24) is 5.32 Å². The molecule has 0 bridgehead atoms. The second-order valence-corrected chi connectivity index (χ2v) is 3.71. The lowest BCUT2D eigenvalue weighted by Gasteiger charge is -2.10. The molecular formula is C7H9F4NO3S. The lowest BCUT2D eigenvalue weighted by Crippen LogP contribution is -2.43. The minimum absolute atomic E-state index is 0.280. The maximum absolute atomic E-state index is 12.0. The Kier molecular flexibility index (Phi) is 6.16. The topological polar surface area (TPSA) is 66.4 Å². The molecule has 0 aliphatic heterocycles. The lowest BCUT2D eigenvalue weighted by atomic mass is 10.3. The van der Waals surface area contributed by atoms with Gasteiger partial charge in [0.05, 0.1) is 11.5 Å². The number of alkyl halides is 4. The molecule has 0 saturated carbocycles. The average molecular weight is 263 g/mol. The molecule has 0 spiro atoms. The molecule has 9 heteroatoms. The van der Waals surface area contributed by atoms with E-state index in [0.29, 0.717) is 0 Å². The van der Waals surface area contributed by atoms with Crippen LogP contribution in [-0.2, 0) is 9.59 Å². The number of thioether (sulfide) groups is 1. The highest BCUT2D eigenvalue weighted by molar-refractivity contribution is 8.00. The predicted molar refractivity (Wildman–Crippen MR) is 48.9 cm³/mol. The summed E-state index contributed by atoms with van der Waals surface area (Å²) in [7, 11) is 0. The summed E-state index contributed by atoms with van der Waals surface area (Å²) >= 11 is 0.280. The third-order valence-corrected chi connectivity index (χ3v) is 2.28. The van der Waals surface area contributed by atoms with Gasteiger partial charge in [-0.15, -0.1) is 11.8 Å². The van der Waals surface area contributed by atoms with Crippen LogP contribution in [0.5, 0.6) is 0 Å². The van der Waals surface area contributed by atoms with E-state index in [9.17, 15) is 27.2 Å². The molecule has 2 N–H and O–H groups in total. The summed E-state index contributed by atoms with van der Waals surface area (Å²) in [5, 5.41) is 10.1. The summed E-state index contributed by atoms with van der Waals surface area (Å²) in [6, 6.07) is -1.71. The van der Waals surface area contributed by atoms with Crippen LogP contribution in [0, 0.1) is 0 Å². The number of hydrogen-bond acceptors (Lipinski definition) is 3. The third kappa shape index (κ3) is 7.32. The first-order valence-corrected chi connectivity index (χ1v) is 5.14. The third-order valence-electron chi connectivity index (χ3n) is 1.29. The van der Waals surface area contributed by atoms with Gasteiger partial charge in [-0.05, 0) is 0 Å². The van der Waals surface area contributed by atoms with Crippen molar-refractivity contribution >= 4 is 23.6 Å². The van der Waals surface area contributed by atoms with Crippen LogP contribution in [0.4, 0.5) is 17.6 Å². The van der Waals surface area contributed by atoms with E-state index in [1.165, 1.54) is 0 Å². The molecule has 1 atom stereocenters. The van der Waals surface area contributed by atoms with Gasteiger partial charge in [0.25, 0.3) is 0 Å². The number of carboxylic acid groups (broad SMARTS) is 1. The molecule has 1 amide bonds. The molecule has 0 aromatic carbocycles. The molecule has 0 radical (unpaired) electrons. The molecule has 0 aromatic heterocycles. The van der Waals surface area contributed by atoms with E-state index in [-0.39, 0.29) is 11.8 Å². The van der Waals surface area contributed by atoms with Crippen LogP contribution >= 0.6 is 11.8 Å². The lowest BCUT2D eigenvalue weighted by molar-refractivity contribution is -0.141. The minimum atomic E-state index is -4.39. The van der Waals surface area contributed by atoms with Crippen LogP contribution in [0.1, 0.15) is 0 Å². The number of hydrogen-bond donors (Lipinski definition) is 2. The molecule has 0 saturated heterocycles. The first-order valence-electron chi connectivity index (χ1n) is 3.99. The number of carbonyl (C=O) groups excluding carboxylic acids is 1. The van der Waals surface area contributed by atoms with Crippen LogP contribution in [0.3, 0.4) is 0 Å². The zero-order valence-corrected chi connectivity index (χ0v) is 8.70. The zero-order valence-electron chi connectivity index (χ0n) is 7.88. The number of aliphatic carboxylic acids is 1. The Balaban J connectivity index is 3.86. The van der Waals surface area contributed by atoms with Crippen LogP contribution in [0.25, 0.3) is 0 Å². The fraction of sp³-hybridized carbons (Fsp3) is 0.714.